The molecule has 1 aliphatic rings. The van der Waals surface area contributed by atoms with Crippen LogP contribution in [0.3, 0.4) is 0 Å². The van der Waals surface area contributed by atoms with E-state index in [1.54, 1.807) is 0 Å². The van der Waals surface area contributed by atoms with Gasteiger partial charge in [0.2, 0.25) is 0 Å². The number of nitrogens with one attached hydrogen (secondary N) is 1. The maximum absolute atomic E-state index is 3.57. The van der Waals surface area contributed by atoms with Crippen LogP contribution in [0.1, 0.15) is 16.7 Å². The van der Waals surface area contributed by atoms with E-state index in [2.05, 4.69) is 75.5 Å². The van der Waals surface area contributed by atoms with Gasteiger partial charge in [0, 0.05) is 36.3 Å². The van der Waals surface area contributed by atoms with Crippen molar-refractivity contribution in [3.63, 3.8) is 0 Å². The van der Waals surface area contributed by atoms with Crippen LogP contribution in [0.25, 0.3) is 0 Å². The highest BCUT2D eigenvalue weighted by atomic mass is 79.9. The minimum atomic E-state index is 0.964. The largest absolute Gasteiger partial charge is 0.366 e. The summed E-state index contributed by atoms with van der Waals surface area (Å²) in [4.78, 5) is 2.47. The molecule has 2 nitrogen and oxygen atoms in total. The van der Waals surface area contributed by atoms with E-state index < -0.39 is 0 Å². The van der Waals surface area contributed by atoms with Crippen LogP contribution in [-0.2, 0) is 13.1 Å². The number of para-hydroxylation sites is 1. The number of benzene rings is 2. The molecule has 0 radical (unpaired) electrons. The summed E-state index contributed by atoms with van der Waals surface area (Å²) < 4.78 is 1.18. The smallest absolute Gasteiger partial charge is 0.0430 e. The van der Waals surface area contributed by atoms with Gasteiger partial charge in [0.15, 0.2) is 0 Å². The summed E-state index contributed by atoms with van der Waals surface area (Å²) in [7, 11) is 0. The Morgan fingerprint density at radius 1 is 1.20 bits per heavy atom. The first-order valence-corrected chi connectivity index (χ1v) is 7.82. The van der Waals surface area contributed by atoms with Gasteiger partial charge < -0.3 is 10.2 Å². The standard InChI is InChI=1S/C17H19BrN2/c1-13-10-14(6-7-16(13)18)12-20-9-8-19-11-15-4-2-3-5-17(15)20/h2-7,10,19H,8-9,11-12H2,1H3. The summed E-state index contributed by atoms with van der Waals surface area (Å²) in [5.74, 6) is 0. The Balaban J connectivity index is 1.88. The fraction of sp³-hybridized carbons (Fsp3) is 0.294. The number of hydrogen-bond donors (Lipinski definition) is 1. The lowest BCUT2D eigenvalue weighted by Crippen LogP contribution is -2.28. The number of aryl methyl sites for hydroxylation is 1. The topological polar surface area (TPSA) is 15.3 Å². The van der Waals surface area contributed by atoms with Crippen LogP contribution >= 0.6 is 15.9 Å². The van der Waals surface area contributed by atoms with Crippen LogP contribution in [0.4, 0.5) is 5.69 Å². The van der Waals surface area contributed by atoms with Gasteiger partial charge in [-0.15, -0.1) is 0 Å². The van der Waals surface area contributed by atoms with Crippen LogP contribution in [-0.4, -0.2) is 13.1 Å². The predicted molar refractivity (Wildman–Crippen MR) is 88.1 cm³/mol. The van der Waals surface area contributed by atoms with Crippen LogP contribution < -0.4 is 10.2 Å². The van der Waals surface area contributed by atoms with E-state index in [-0.39, 0.29) is 0 Å². The van der Waals surface area contributed by atoms with Crippen molar-refractivity contribution in [3.8, 4) is 0 Å². The lowest BCUT2D eigenvalue weighted by Gasteiger charge is -2.25. The summed E-state index contributed by atoms with van der Waals surface area (Å²) >= 11 is 3.57. The lowest BCUT2D eigenvalue weighted by molar-refractivity contribution is 0.688. The summed E-state index contributed by atoms with van der Waals surface area (Å²) in [5.41, 5.74) is 5.41. The monoisotopic (exact) mass is 330 g/mol. The predicted octanol–water partition coefficient (Wildman–Crippen LogP) is 3.87. The van der Waals surface area contributed by atoms with Crippen molar-refractivity contribution in [2.45, 2.75) is 20.0 Å². The van der Waals surface area contributed by atoms with E-state index in [1.165, 1.54) is 26.9 Å². The first-order valence-electron chi connectivity index (χ1n) is 7.02. The molecule has 0 fully saturated rings. The Kier molecular flexibility index (Phi) is 4.08. The molecule has 0 atom stereocenters. The Morgan fingerprint density at radius 3 is 2.90 bits per heavy atom. The number of halogens is 1. The highest BCUT2D eigenvalue weighted by molar-refractivity contribution is 9.10. The molecule has 3 rings (SSSR count). The number of anilines is 1. The third-order valence-electron chi connectivity index (χ3n) is 3.80. The zero-order chi connectivity index (χ0) is 13.9. The average molecular weight is 331 g/mol. The fourth-order valence-corrected chi connectivity index (χ4v) is 2.96. The second kappa shape index (κ2) is 5.98. The molecule has 0 spiro atoms. The molecule has 0 unspecified atom stereocenters. The van der Waals surface area contributed by atoms with E-state index >= 15 is 0 Å². The number of rotatable bonds is 2. The normalized spacial score (nSPS) is 14.8. The molecule has 0 aromatic heterocycles. The van der Waals surface area contributed by atoms with Crippen LogP contribution in [0.15, 0.2) is 46.9 Å². The molecule has 3 heteroatoms. The summed E-state index contributed by atoms with van der Waals surface area (Å²) in [6.07, 6.45) is 0. The zero-order valence-electron chi connectivity index (χ0n) is 11.7. The molecule has 0 amide bonds. The molecular formula is C17H19BrN2. The Morgan fingerprint density at radius 2 is 2.05 bits per heavy atom. The molecule has 1 N–H and O–H groups in total. The number of hydrogen-bond acceptors (Lipinski definition) is 2. The Hall–Kier alpha value is -1.32. The molecule has 104 valence electrons. The fourth-order valence-electron chi connectivity index (χ4n) is 2.72. The second-order valence-corrected chi connectivity index (χ2v) is 6.16. The van der Waals surface area contributed by atoms with E-state index in [9.17, 15) is 0 Å². The van der Waals surface area contributed by atoms with E-state index in [0.717, 1.165) is 26.2 Å². The maximum atomic E-state index is 3.57. The lowest BCUT2D eigenvalue weighted by atomic mass is 10.1. The average Bonchev–Trinajstić information content (AvgIpc) is 2.66. The van der Waals surface area contributed by atoms with E-state index in [4.69, 9.17) is 0 Å². The van der Waals surface area contributed by atoms with Gasteiger partial charge in [-0.05, 0) is 35.7 Å². The van der Waals surface area contributed by atoms with Crippen molar-refractivity contribution < 1.29 is 0 Å². The minimum Gasteiger partial charge on any atom is -0.366 e. The molecule has 2 aromatic carbocycles. The molecular weight excluding hydrogens is 312 g/mol. The number of nitrogens with zero attached hydrogens (tertiary/aromatic N) is 1. The van der Waals surface area contributed by atoms with Crippen molar-refractivity contribution in [1.29, 1.82) is 0 Å². The van der Waals surface area contributed by atoms with Gasteiger partial charge in [-0.2, -0.15) is 0 Å². The summed E-state index contributed by atoms with van der Waals surface area (Å²) in [6.45, 7) is 6.15. The zero-order valence-corrected chi connectivity index (χ0v) is 13.3. The minimum absolute atomic E-state index is 0.964. The van der Waals surface area contributed by atoms with Crippen molar-refractivity contribution in [2.24, 2.45) is 0 Å². The highest BCUT2D eigenvalue weighted by Gasteiger charge is 2.14. The van der Waals surface area contributed by atoms with Gasteiger partial charge in [-0.3, -0.25) is 0 Å². The molecule has 0 saturated heterocycles. The number of fused-ring (bicyclic) bond motifs is 1. The van der Waals surface area contributed by atoms with Crippen LogP contribution in [0.2, 0.25) is 0 Å². The molecule has 1 aliphatic heterocycles. The molecule has 0 saturated carbocycles. The van der Waals surface area contributed by atoms with Gasteiger partial charge >= 0.3 is 0 Å². The van der Waals surface area contributed by atoms with Gasteiger partial charge in [0.25, 0.3) is 0 Å². The molecule has 0 aliphatic carbocycles. The van der Waals surface area contributed by atoms with Gasteiger partial charge in [0.05, 0.1) is 0 Å². The van der Waals surface area contributed by atoms with Crippen molar-refractivity contribution >= 4 is 21.6 Å². The summed E-state index contributed by atoms with van der Waals surface area (Å²) in [5, 5.41) is 3.49. The third kappa shape index (κ3) is 2.89. The molecule has 0 bridgehead atoms. The first-order chi connectivity index (χ1) is 9.74. The summed E-state index contributed by atoms with van der Waals surface area (Å²) in [6, 6.07) is 15.3. The van der Waals surface area contributed by atoms with Gasteiger partial charge in [-0.1, -0.05) is 46.3 Å². The van der Waals surface area contributed by atoms with Crippen LogP contribution in [0, 0.1) is 6.92 Å². The molecule has 2 aromatic rings. The van der Waals surface area contributed by atoms with Crippen molar-refractivity contribution in [3.05, 3.63) is 63.6 Å². The van der Waals surface area contributed by atoms with Crippen LogP contribution in [0.5, 0.6) is 0 Å². The Bertz CT molecular complexity index is 610. The highest BCUT2D eigenvalue weighted by Crippen LogP contribution is 2.25. The van der Waals surface area contributed by atoms with Crippen molar-refractivity contribution in [1.82, 2.24) is 5.32 Å². The quantitative estimate of drug-likeness (QED) is 0.899. The SMILES string of the molecule is Cc1cc(CN2CCNCc3ccccc32)ccc1Br. The van der Waals surface area contributed by atoms with E-state index in [1.807, 2.05) is 0 Å². The van der Waals surface area contributed by atoms with Gasteiger partial charge in [0.1, 0.15) is 0 Å². The first kappa shape index (κ1) is 13.7. The van der Waals surface area contributed by atoms with E-state index in [0.29, 0.717) is 0 Å². The maximum Gasteiger partial charge on any atom is 0.0430 e. The molecule has 20 heavy (non-hydrogen) atoms. The van der Waals surface area contributed by atoms with Crippen molar-refractivity contribution in [2.75, 3.05) is 18.0 Å². The van der Waals surface area contributed by atoms with Gasteiger partial charge in [-0.25, -0.2) is 0 Å². The third-order valence-corrected chi connectivity index (χ3v) is 4.69. The molecule has 1 heterocycles. The second-order valence-electron chi connectivity index (χ2n) is 5.31. The Labute approximate surface area is 128 Å².